The largest absolute Gasteiger partial charge is 0.371 e. The Hall–Kier alpha value is -0.860. The standard InChI is InChI=1S/C13H21NO/c1-9(2)11(4)13(14,15)12-7-5-10(3)6-8-12/h5-9,11,15H,14H2,1-4H3. The molecular weight excluding hydrogens is 186 g/mol. The minimum atomic E-state index is -1.23. The van der Waals surface area contributed by atoms with Crippen molar-refractivity contribution in [2.45, 2.75) is 33.4 Å². The molecule has 0 amide bonds. The molecule has 15 heavy (non-hydrogen) atoms. The zero-order valence-corrected chi connectivity index (χ0v) is 9.99. The van der Waals surface area contributed by atoms with Crippen LogP contribution in [0.2, 0.25) is 0 Å². The zero-order valence-electron chi connectivity index (χ0n) is 9.99. The highest BCUT2D eigenvalue weighted by Crippen LogP contribution is 2.29. The van der Waals surface area contributed by atoms with E-state index in [-0.39, 0.29) is 5.92 Å². The van der Waals surface area contributed by atoms with Gasteiger partial charge in [-0.1, -0.05) is 50.6 Å². The van der Waals surface area contributed by atoms with Crippen molar-refractivity contribution in [2.24, 2.45) is 17.6 Å². The summed E-state index contributed by atoms with van der Waals surface area (Å²) >= 11 is 0. The van der Waals surface area contributed by atoms with Crippen LogP contribution in [-0.2, 0) is 5.72 Å². The first-order valence-electron chi connectivity index (χ1n) is 5.44. The van der Waals surface area contributed by atoms with Crippen LogP contribution in [0.5, 0.6) is 0 Å². The Morgan fingerprint density at radius 2 is 1.60 bits per heavy atom. The molecule has 0 spiro atoms. The molecule has 2 heteroatoms. The first-order valence-corrected chi connectivity index (χ1v) is 5.44. The Balaban J connectivity index is 2.99. The van der Waals surface area contributed by atoms with Crippen LogP contribution in [0.1, 0.15) is 31.9 Å². The Kier molecular flexibility index (Phi) is 3.53. The van der Waals surface area contributed by atoms with E-state index in [2.05, 4.69) is 13.8 Å². The van der Waals surface area contributed by atoms with Gasteiger partial charge in [0.15, 0.2) is 0 Å². The summed E-state index contributed by atoms with van der Waals surface area (Å²) in [5.74, 6) is 0.376. The van der Waals surface area contributed by atoms with Gasteiger partial charge in [-0.2, -0.15) is 0 Å². The van der Waals surface area contributed by atoms with Crippen molar-refractivity contribution in [3.05, 3.63) is 35.4 Å². The second-order valence-corrected chi connectivity index (χ2v) is 4.72. The highest BCUT2D eigenvalue weighted by atomic mass is 16.3. The molecule has 0 bridgehead atoms. The summed E-state index contributed by atoms with van der Waals surface area (Å²) < 4.78 is 0. The van der Waals surface area contributed by atoms with Crippen molar-refractivity contribution in [3.63, 3.8) is 0 Å². The highest BCUT2D eigenvalue weighted by Gasteiger charge is 2.32. The van der Waals surface area contributed by atoms with E-state index in [1.165, 1.54) is 5.56 Å². The first kappa shape index (κ1) is 12.2. The maximum atomic E-state index is 10.3. The second kappa shape index (κ2) is 4.33. The molecule has 0 saturated carbocycles. The summed E-state index contributed by atoms with van der Waals surface area (Å²) in [7, 11) is 0. The van der Waals surface area contributed by atoms with E-state index in [1.54, 1.807) is 0 Å². The van der Waals surface area contributed by atoms with Gasteiger partial charge in [-0.05, 0) is 18.4 Å². The van der Waals surface area contributed by atoms with Crippen LogP contribution < -0.4 is 5.73 Å². The molecule has 1 aromatic carbocycles. The van der Waals surface area contributed by atoms with Gasteiger partial charge in [-0.15, -0.1) is 0 Å². The van der Waals surface area contributed by atoms with Crippen molar-refractivity contribution in [2.75, 3.05) is 0 Å². The van der Waals surface area contributed by atoms with Crippen molar-refractivity contribution in [1.82, 2.24) is 0 Å². The van der Waals surface area contributed by atoms with Crippen molar-refractivity contribution >= 4 is 0 Å². The summed E-state index contributed by atoms with van der Waals surface area (Å²) in [6, 6.07) is 7.74. The van der Waals surface area contributed by atoms with E-state index in [4.69, 9.17) is 5.73 Å². The van der Waals surface area contributed by atoms with Gasteiger partial charge in [0.1, 0.15) is 5.72 Å². The molecule has 3 N–H and O–H groups in total. The molecule has 2 atom stereocenters. The van der Waals surface area contributed by atoms with Gasteiger partial charge < -0.3 is 5.11 Å². The van der Waals surface area contributed by atoms with Crippen molar-refractivity contribution < 1.29 is 5.11 Å². The van der Waals surface area contributed by atoms with Gasteiger partial charge in [-0.3, -0.25) is 5.73 Å². The fraction of sp³-hybridized carbons (Fsp3) is 0.538. The number of hydrogen-bond donors (Lipinski definition) is 2. The number of aliphatic hydroxyl groups is 1. The van der Waals surface area contributed by atoms with Crippen molar-refractivity contribution in [1.29, 1.82) is 0 Å². The normalized spacial score (nSPS) is 17.5. The van der Waals surface area contributed by atoms with E-state index in [1.807, 2.05) is 38.1 Å². The van der Waals surface area contributed by atoms with Crippen molar-refractivity contribution in [3.8, 4) is 0 Å². The summed E-state index contributed by atoms with van der Waals surface area (Å²) in [6.45, 7) is 8.13. The topological polar surface area (TPSA) is 46.2 Å². The lowest BCUT2D eigenvalue weighted by Crippen LogP contribution is -2.44. The lowest BCUT2D eigenvalue weighted by Gasteiger charge is -2.33. The average molecular weight is 207 g/mol. The minimum absolute atomic E-state index is 0.0280. The number of nitrogens with two attached hydrogens (primary N) is 1. The van der Waals surface area contributed by atoms with E-state index >= 15 is 0 Å². The fourth-order valence-corrected chi connectivity index (χ4v) is 1.59. The molecule has 0 heterocycles. The molecule has 0 radical (unpaired) electrons. The van der Waals surface area contributed by atoms with Crippen LogP contribution >= 0.6 is 0 Å². The lowest BCUT2D eigenvalue weighted by atomic mass is 9.83. The predicted octanol–water partition coefficient (Wildman–Crippen LogP) is 2.39. The first-order chi connectivity index (χ1) is 6.85. The van der Waals surface area contributed by atoms with E-state index in [9.17, 15) is 5.11 Å². The monoisotopic (exact) mass is 207 g/mol. The second-order valence-electron chi connectivity index (χ2n) is 4.72. The molecule has 0 aliphatic heterocycles. The smallest absolute Gasteiger partial charge is 0.142 e. The maximum Gasteiger partial charge on any atom is 0.142 e. The molecule has 0 saturated heterocycles. The summed E-state index contributed by atoms with van der Waals surface area (Å²) in [6.07, 6.45) is 0. The quantitative estimate of drug-likeness (QED) is 0.748. The van der Waals surface area contributed by atoms with Gasteiger partial charge in [0.2, 0.25) is 0 Å². The van der Waals surface area contributed by atoms with Crippen LogP contribution in [0, 0.1) is 18.8 Å². The third-order valence-electron chi connectivity index (χ3n) is 3.21. The summed E-state index contributed by atoms with van der Waals surface area (Å²) in [4.78, 5) is 0. The average Bonchev–Trinajstić information content (AvgIpc) is 2.17. The minimum Gasteiger partial charge on any atom is -0.371 e. The molecule has 84 valence electrons. The molecule has 0 fully saturated rings. The van der Waals surface area contributed by atoms with Crippen LogP contribution in [0.25, 0.3) is 0 Å². The number of aryl methyl sites for hydroxylation is 1. The van der Waals surface area contributed by atoms with E-state index in [0.29, 0.717) is 5.92 Å². The summed E-state index contributed by atoms with van der Waals surface area (Å²) in [5, 5.41) is 10.3. The molecule has 1 aromatic rings. The molecular formula is C13H21NO. The Bertz CT molecular complexity index is 314. The Morgan fingerprint density at radius 1 is 1.13 bits per heavy atom. The maximum absolute atomic E-state index is 10.3. The SMILES string of the molecule is Cc1ccc(C(N)(O)C(C)C(C)C)cc1. The molecule has 0 aromatic heterocycles. The van der Waals surface area contributed by atoms with Gasteiger partial charge in [0, 0.05) is 5.92 Å². The van der Waals surface area contributed by atoms with Crippen LogP contribution in [0.3, 0.4) is 0 Å². The number of hydrogen-bond acceptors (Lipinski definition) is 2. The van der Waals surface area contributed by atoms with Gasteiger partial charge in [-0.25, -0.2) is 0 Å². The van der Waals surface area contributed by atoms with Crippen LogP contribution in [0.15, 0.2) is 24.3 Å². The van der Waals surface area contributed by atoms with E-state index in [0.717, 1.165) is 5.56 Å². The Morgan fingerprint density at radius 3 is 2.00 bits per heavy atom. The zero-order chi connectivity index (χ0) is 11.6. The molecule has 2 nitrogen and oxygen atoms in total. The summed E-state index contributed by atoms with van der Waals surface area (Å²) in [5.41, 5.74) is 6.71. The molecule has 2 unspecified atom stereocenters. The molecule has 1 rings (SSSR count). The van der Waals surface area contributed by atoms with Gasteiger partial charge >= 0.3 is 0 Å². The third kappa shape index (κ3) is 2.58. The molecule has 0 aliphatic carbocycles. The highest BCUT2D eigenvalue weighted by molar-refractivity contribution is 5.26. The third-order valence-corrected chi connectivity index (χ3v) is 3.21. The van der Waals surface area contributed by atoms with Gasteiger partial charge in [0.05, 0.1) is 0 Å². The predicted molar refractivity (Wildman–Crippen MR) is 63.3 cm³/mol. The van der Waals surface area contributed by atoms with Crippen LogP contribution in [0.4, 0.5) is 0 Å². The number of rotatable bonds is 3. The van der Waals surface area contributed by atoms with Gasteiger partial charge in [0.25, 0.3) is 0 Å². The number of benzene rings is 1. The Labute approximate surface area is 92.1 Å². The molecule has 0 aliphatic rings. The fourth-order valence-electron chi connectivity index (χ4n) is 1.59. The lowest BCUT2D eigenvalue weighted by molar-refractivity contribution is -0.0294. The van der Waals surface area contributed by atoms with E-state index < -0.39 is 5.72 Å². The van der Waals surface area contributed by atoms with Crippen LogP contribution in [-0.4, -0.2) is 5.11 Å².